The molecule has 0 aliphatic carbocycles. The lowest BCUT2D eigenvalue weighted by atomic mass is 10.1. The molecule has 1 aromatic carbocycles. The molecular formula is C16H17N3O4S. The van der Waals surface area contributed by atoms with E-state index < -0.39 is 15.8 Å². The summed E-state index contributed by atoms with van der Waals surface area (Å²) < 4.78 is 30.1. The molecule has 7 nitrogen and oxygen atoms in total. The molecule has 1 aromatic heterocycles. The number of methoxy groups -OCH3 is 1. The minimum Gasteiger partial charge on any atom is -0.464 e. The highest BCUT2D eigenvalue weighted by atomic mass is 32.2. The van der Waals surface area contributed by atoms with Crippen molar-refractivity contribution < 1.29 is 17.9 Å². The largest absolute Gasteiger partial charge is 0.464 e. The molecule has 0 aliphatic heterocycles. The molecule has 24 heavy (non-hydrogen) atoms. The maximum atomic E-state index is 12.1. The van der Waals surface area contributed by atoms with Crippen molar-refractivity contribution >= 4 is 21.5 Å². The number of nitrogens with zero attached hydrogens (tertiary/aromatic N) is 2. The molecule has 2 N–H and O–H groups in total. The van der Waals surface area contributed by atoms with Crippen LogP contribution < -0.4 is 5.73 Å². The molecule has 8 heteroatoms. The van der Waals surface area contributed by atoms with Crippen LogP contribution in [0.2, 0.25) is 0 Å². The summed E-state index contributed by atoms with van der Waals surface area (Å²) in [6, 6.07) is 5.08. The molecule has 0 fully saturated rings. The first-order valence-electron chi connectivity index (χ1n) is 6.92. The van der Waals surface area contributed by atoms with Gasteiger partial charge in [-0.1, -0.05) is 6.07 Å². The van der Waals surface area contributed by atoms with Gasteiger partial charge in [-0.3, -0.25) is 0 Å². The smallest absolute Gasteiger partial charge is 0.357 e. The summed E-state index contributed by atoms with van der Waals surface area (Å²) in [6.07, 6.45) is 2.51. The van der Waals surface area contributed by atoms with Gasteiger partial charge < -0.3 is 15.0 Å². The predicted molar refractivity (Wildman–Crippen MR) is 88.8 cm³/mol. The van der Waals surface area contributed by atoms with Crippen LogP contribution in [0.15, 0.2) is 23.2 Å². The Morgan fingerprint density at radius 2 is 1.92 bits per heavy atom. The second kappa shape index (κ2) is 6.02. The number of sulfone groups is 1. The number of ether oxygens (including phenoxy) is 1. The molecule has 2 aromatic rings. The van der Waals surface area contributed by atoms with Crippen LogP contribution in [0.4, 0.5) is 5.69 Å². The SMILES string of the molecule is COC(=O)c1c(N)c(C#N)cn1-c1cc(S(C)(=O)=O)c(C)cc1C. The quantitative estimate of drug-likeness (QED) is 0.846. The Kier molecular flexibility index (Phi) is 4.40. The van der Waals surface area contributed by atoms with Crippen LogP contribution in [-0.4, -0.2) is 32.3 Å². The van der Waals surface area contributed by atoms with Gasteiger partial charge in [-0.2, -0.15) is 5.26 Å². The van der Waals surface area contributed by atoms with Crippen molar-refractivity contribution in [2.75, 3.05) is 19.1 Å². The van der Waals surface area contributed by atoms with Gasteiger partial charge in [0.2, 0.25) is 0 Å². The van der Waals surface area contributed by atoms with Gasteiger partial charge in [0.25, 0.3) is 0 Å². The second-order valence-electron chi connectivity index (χ2n) is 5.45. The third-order valence-electron chi connectivity index (χ3n) is 3.70. The van der Waals surface area contributed by atoms with Crippen molar-refractivity contribution in [3.63, 3.8) is 0 Å². The standard InChI is InChI=1S/C16H17N3O4S/c1-9-5-10(2)13(24(4,21)22)6-12(9)19-8-11(7-17)14(18)15(19)16(20)23-3/h5-6,8H,18H2,1-4H3. The van der Waals surface area contributed by atoms with Crippen molar-refractivity contribution in [3.8, 4) is 11.8 Å². The van der Waals surface area contributed by atoms with Gasteiger partial charge in [0.15, 0.2) is 15.5 Å². The summed E-state index contributed by atoms with van der Waals surface area (Å²) >= 11 is 0. The van der Waals surface area contributed by atoms with Crippen LogP contribution in [-0.2, 0) is 14.6 Å². The van der Waals surface area contributed by atoms with Crippen LogP contribution in [0.1, 0.15) is 27.2 Å². The predicted octanol–water partition coefficient (Wildman–Crippen LogP) is 1.74. The Bertz CT molecular complexity index is 982. The molecule has 0 aliphatic rings. The Morgan fingerprint density at radius 3 is 2.42 bits per heavy atom. The molecule has 0 saturated heterocycles. The number of nitrogens with two attached hydrogens (primary N) is 1. The van der Waals surface area contributed by atoms with E-state index in [4.69, 9.17) is 15.7 Å². The molecule has 0 saturated carbocycles. The Labute approximate surface area is 140 Å². The molecule has 0 atom stereocenters. The number of aryl methyl sites for hydroxylation is 2. The number of hydrogen-bond acceptors (Lipinski definition) is 6. The lowest BCUT2D eigenvalue weighted by Crippen LogP contribution is -2.13. The Hall–Kier alpha value is -2.79. The topological polar surface area (TPSA) is 115 Å². The molecule has 0 unspecified atom stereocenters. The lowest BCUT2D eigenvalue weighted by Gasteiger charge is -2.14. The third kappa shape index (κ3) is 2.86. The van der Waals surface area contributed by atoms with Crippen molar-refractivity contribution in [3.05, 3.63) is 40.7 Å². The summed E-state index contributed by atoms with van der Waals surface area (Å²) in [4.78, 5) is 12.2. The molecule has 0 amide bonds. The normalized spacial score (nSPS) is 11.1. The zero-order valence-electron chi connectivity index (χ0n) is 13.7. The number of hydrogen-bond donors (Lipinski definition) is 1. The first kappa shape index (κ1) is 17.6. The Balaban J connectivity index is 2.87. The zero-order chi connectivity index (χ0) is 18.2. The summed E-state index contributed by atoms with van der Waals surface area (Å²) in [5.41, 5.74) is 7.72. The van der Waals surface area contributed by atoms with E-state index in [1.54, 1.807) is 19.9 Å². The number of nitriles is 1. The van der Waals surface area contributed by atoms with E-state index in [1.165, 1.54) is 23.9 Å². The van der Waals surface area contributed by atoms with Crippen LogP contribution in [0.5, 0.6) is 0 Å². The molecule has 1 heterocycles. The van der Waals surface area contributed by atoms with Crippen LogP contribution in [0, 0.1) is 25.2 Å². The zero-order valence-corrected chi connectivity index (χ0v) is 14.6. The molecule has 2 rings (SSSR count). The van der Waals surface area contributed by atoms with Gasteiger partial charge >= 0.3 is 5.97 Å². The fourth-order valence-electron chi connectivity index (χ4n) is 2.59. The van der Waals surface area contributed by atoms with Crippen LogP contribution in [0.3, 0.4) is 0 Å². The molecule has 0 radical (unpaired) electrons. The maximum absolute atomic E-state index is 12.1. The van der Waals surface area contributed by atoms with Gasteiger partial charge in [-0.05, 0) is 31.0 Å². The minimum absolute atomic E-state index is 0.00905. The highest BCUT2D eigenvalue weighted by molar-refractivity contribution is 7.90. The number of rotatable bonds is 3. The van der Waals surface area contributed by atoms with Crippen molar-refractivity contribution in [2.24, 2.45) is 0 Å². The second-order valence-corrected chi connectivity index (χ2v) is 7.44. The van der Waals surface area contributed by atoms with Crippen LogP contribution in [0.25, 0.3) is 5.69 Å². The van der Waals surface area contributed by atoms with E-state index in [9.17, 15) is 13.2 Å². The average molecular weight is 347 g/mol. The summed E-state index contributed by atoms with van der Waals surface area (Å²) in [5, 5.41) is 9.16. The van der Waals surface area contributed by atoms with E-state index in [2.05, 4.69) is 0 Å². The number of benzene rings is 1. The average Bonchev–Trinajstić information content (AvgIpc) is 2.81. The molecule has 0 spiro atoms. The number of esters is 1. The highest BCUT2D eigenvalue weighted by Crippen LogP contribution is 2.29. The third-order valence-corrected chi connectivity index (χ3v) is 4.93. The molecular weight excluding hydrogens is 330 g/mol. The fourth-order valence-corrected chi connectivity index (χ4v) is 3.55. The number of aromatic nitrogens is 1. The fraction of sp³-hybridized carbons (Fsp3) is 0.250. The van der Waals surface area contributed by atoms with E-state index in [0.29, 0.717) is 11.3 Å². The minimum atomic E-state index is -3.45. The van der Waals surface area contributed by atoms with Crippen LogP contribution >= 0.6 is 0 Å². The highest BCUT2D eigenvalue weighted by Gasteiger charge is 2.24. The maximum Gasteiger partial charge on any atom is 0.357 e. The number of carbonyl (C=O) groups is 1. The molecule has 126 valence electrons. The van der Waals surface area contributed by atoms with E-state index >= 15 is 0 Å². The van der Waals surface area contributed by atoms with E-state index in [0.717, 1.165) is 11.8 Å². The first-order chi connectivity index (χ1) is 11.1. The lowest BCUT2D eigenvalue weighted by molar-refractivity contribution is 0.0593. The van der Waals surface area contributed by atoms with Crippen molar-refractivity contribution in [1.82, 2.24) is 4.57 Å². The van der Waals surface area contributed by atoms with Crippen molar-refractivity contribution in [2.45, 2.75) is 18.7 Å². The van der Waals surface area contributed by atoms with Gasteiger partial charge in [-0.25, -0.2) is 13.2 Å². The van der Waals surface area contributed by atoms with Gasteiger partial charge in [0, 0.05) is 12.5 Å². The van der Waals surface area contributed by atoms with Gasteiger partial charge in [-0.15, -0.1) is 0 Å². The molecule has 0 bridgehead atoms. The number of nitrogen functional groups attached to an aromatic ring is 1. The van der Waals surface area contributed by atoms with Gasteiger partial charge in [0.1, 0.15) is 6.07 Å². The number of anilines is 1. The van der Waals surface area contributed by atoms with E-state index in [-0.39, 0.29) is 21.8 Å². The summed E-state index contributed by atoms with van der Waals surface area (Å²) in [7, 11) is -2.25. The van der Waals surface area contributed by atoms with Gasteiger partial charge in [0.05, 0.1) is 28.9 Å². The summed E-state index contributed by atoms with van der Waals surface area (Å²) in [5.74, 6) is -0.713. The van der Waals surface area contributed by atoms with E-state index in [1.807, 2.05) is 6.07 Å². The number of carbonyl (C=O) groups excluding carboxylic acids is 1. The Morgan fingerprint density at radius 1 is 1.29 bits per heavy atom. The van der Waals surface area contributed by atoms with Crippen molar-refractivity contribution in [1.29, 1.82) is 5.26 Å². The summed E-state index contributed by atoms with van der Waals surface area (Å²) in [6.45, 7) is 3.47. The monoisotopic (exact) mass is 347 g/mol. The first-order valence-corrected chi connectivity index (χ1v) is 8.81.